The van der Waals surface area contributed by atoms with Gasteiger partial charge >= 0.3 is 0 Å². The van der Waals surface area contributed by atoms with E-state index in [-0.39, 0.29) is 11.8 Å². The first-order chi connectivity index (χ1) is 11.5. The van der Waals surface area contributed by atoms with Crippen molar-refractivity contribution in [2.24, 2.45) is 5.73 Å². The third-order valence-corrected chi connectivity index (χ3v) is 5.56. The number of halogens is 1. The van der Waals surface area contributed by atoms with E-state index in [1.807, 2.05) is 19.1 Å². The van der Waals surface area contributed by atoms with E-state index in [4.69, 9.17) is 22.1 Å². The molecule has 130 valence electrons. The zero-order valence-corrected chi connectivity index (χ0v) is 14.5. The number of nitrogens with zero attached hydrogens (tertiary/aromatic N) is 2. The second kappa shape index (κ2) is 6.70. The maximum atomic E-state index is 12.7. The third-order valence-electron chi connectivity index (χ3n) is 5.05. The minimum atomic E-state index is -0.726. The maximum Gasteiger partial charge on any atom is 0.255 e. The number of nitrogens with two attached hydrogens (primary N) is 1. The van der Waals surface area contributed by atoms with Crippen molar-refractivity contribution in [3.05, 3.63) is 34.3 Å². The fraction of sp³-hybridized carbons (Fsp3) is 0.529. The Balaban J connectivity index is 1.70. The number of carbonyl (C=O) groups is 2. The monoisotopic (exact) mass is 351 g/mol. The largest absolute Gasteiger partial charge is 0.379 e. The van der Waals surface area contributed by atoms with E-state index in [1.165, 1.54) is 0 Å². The van der Waals surface area contributed by atoms with Gasteiger partial charge in [-0.3, -0.25) is 14.5 Å². The molecular weight excluding hydrogens is 330 g/mol. The van der Waals surface area contributed by atoms with E-state index in [9.17, 15) is 9.59 Å². The van der Waals surface area contributed by atoms with Gasteiger partial charge in [-0.2, -0.15) is 0 Å². The molecule has 0 saturated carbocycles. The number of ether oxygens (including phenoxy) is 1. The SMILES string of the molecule is Cc1cccc(C(=O)N2CCN(C3(C(N)=O)CCOC3)CC2)c1Cl. The molecule has 0 bridgehead atoms. The molecule has 2 saturated heterocycles. The summed E-state index contributed by atoms with van der Waals surface area (Å²) in [6, 6.07) is 5.47. The molecule has 2 fully saturated rings. The van der Waals surface area contributed by atoms with Crippen LogP contribution in [0, 0.1) is 6.92 Å². The molecule has 0 radical (unpaired) electrons. The van der Waals surface area contributed by atoms with Crippen molar-refractivity contribution in [2.75, 3.05) is 39.4 Å². The van der Waals surface area contributed by atoms with Crippen LogP contribution in [0.5, 0.6) is 0 Å². The minimum absolute atomic E-state index is 0.0702. The van der Waals surface area contributed by atoms with Crippen molar-refractivity contribution in [3.8, 4) is 0 Å². The topological polar surface area (TPSA) is 75.9 Å². The van der Waals surface area contributed by atoms with E-state index in [0.29, 0.717) is 56.4 Å². The fourth-order valence-electron chi connectivity index (χ4n) is 3.47. The summed E-state index contributed by atoms with van der Waals surface area (Å²) >= 11 is 6.27. The Morgan fingerprint density at radius 2 is 1.96 bits per heavy atom. The number of rotatable bonds is 3. The quantitative estimate of drug-likeness (QED) is 0.883. The van der Waals surface area contributed by atoms with Gasteiger partial charge < -0.3 is 15.4 Å². The molecule has 0 aliphatic carbocycles. The molecule has 2 aliphatic heterocycles. The van der Waals surface area contributed by atoms with Gasteiger partial charge in [0.05, 0.1) is 17.2 Å². The highest BCUT2D eigenvalue weighted by Crippen LogP contribution is 2.28. The van der Waals surface area contributed by atoms with E-state index < -0.39 is 5.54 Å². The van der Waals surface area contributed by atoms with Crippen LogP contribution in [-0.4, -0.2) is 66.5 Å². The van der Waals surface area contributed by atoms with Crippen LogP contribution in [-0.2, 0) is 9.53 Å². The van der Waals surface area contributed by atoms with Crippen molar-refractivity contribution < 1.29 is 14.3 Å². The number of hydrogen-bond donors (Lipinski definition) is 1. The highest BCUT2D eigenvalue weighted by Gasteiger charge is 2.47. The first-order valence-corrected chi connectivity index (χ1v) is 8.50. The molecule has 2 amide bonds. The van der Waals surface area contributed by atoms with Crippen LogP contribution in [0.25, 0.3) is 0 Å². The summed E-state index contributed by atoms with van der Waals surface area (Å²) in [4.78, 5) is 28.5. The second-order valence-corrected chi connectivity index (χ2v) is 6.79. The number of benzene rings is 1. The van der Waals surface area contributed by atoms with Gasteiger partial charge in [0.25, 0.3) is 5.91 Å². The molecule has 1 atom stereocenters. The summed E-state index contributed by atoms with van der Waals surface area (Å²) in [6.45, 7) is 5.04. The molecule has 24 heavy (non-hydrogen) atoms. The lowest BCUT2D eigenvalue weighted by Gasteiger charge is -2.43. The lowest BCUT2D eigenvalue weighted by molar-refractivity contribution is -0.131. The van der Waals surface area contributed by atoms with Crippen molar-refractivity contribution >= 4 is 23.4 Å². The van der Waals surface area contributed by atoms with Crippen LogP contribution >= 0.6 is 11.6 Å². The number of carbonyl (C=O) groups excluding carboxylic acids is 2. The summed E-state index contributed by atoms with van der Waals surface area (Å²) < 4.78 is 5.41. The van der Waals surface area contributed by atoms with Gasteiger partial charge in [-0.1, -0.05) is 23.7 Å². The zero-order chi connectivity index (χ0) is 17.3. The Bertz CT molecular complexity index is 650. The Morgan fingerprint density at radius 3 is 2.54 bits per heavy atom. The van der Waals surface area contributed by atoms with Gasteiger partial charge in [-0.15, -0.1) is 0 Å². The van der Waals surface area contributed by atoms with E-state index in [0.717, 1.165) is 5.56 Å². The van der Waals surface area contributed by atoms with Crippen LogP contribution in [0.1, 0.15) is 22.3 Å². The molecule has 2 N–H and O–H groups in total. The van der Waals surface area contributed by atoms with E-state index in [1.54, 1.807) is 11.0 Å². The third kappa shape index (κ3) is 2.90. The molecule has 1 aromatic rings. The molecule has 0 aromatic heterocycles. The summed E-state index contributed by atoms with van der Waals surface area (Å²) in [7, 11) is 0. The lowest BCUT2D eigenvalue weighted by atomic mass is 9.94. The van der Waals surface area contributed by atoms with Gasteiger partial charge in [-0.05, 0) is 18.6 Å². The van der Waals surface area contributed by atoms with Crippen LogP contribution in [0.4, 0.5) is 0 Å². The van der Waals surface area contributed by atoms with Gasteiger partial charge in [-0.25, -0.2) is 0 Å². The molecule has 2 aliphatic rings. The average molecular weight is 352 g/mol. The first-order valence-electron chi connectivity index (χ1n) is 8.13. The molecule has 1 unspecified atom stereocenters. The Kier molecular flexibility index (Phi) is 4.80. The highest BCUT2D eigenvalue weighted by atomic mass is 35.5. The smallest absolute Gasteiger partial charge is 0.255 e. The van der Waals surface area contributed by atoms with Crippen molar-refractivity contribution in [1.82, 2.24) is 9.80 Å². The number of amides is 2. The minimum Gasteiger partial charge on any atom is -0.379 e. The fourth-order valence-corrected chi connectivity index (χ4v) is 3.68. The molecule has 7 heteroatoms. The Morgan fingerprint density at radius 1 is 1.25 bits per heavy atom. The normalized spacial score (nSPS) is 25.0. The van der Waals surface area contributed by atoms with Crippen LogP contribution in [0.15, 0.2) is 18.2 Å². The number of aryl methyl sites for hydroxylation is 1. The van der Waals surface area contributed by atoms with E-state index >= 15 is 0 Å². The maximum absolute atomic E-state index is 12.7. The standard InChI is InChI=1S/C17H22ClN3O3/c1-12-3-2-4-13(14(12)18)15(22)20-6-8-21(9-7-20)17(16(19)23)5-10-24-11-17/h2-4H,5-11H2,1H3,(H2,19,23). The Labute approximate surface area is 146 Å². The summed E-state index contributed by atoms with van der Waals surface area (Å²) in [5, 5.41) is 0.503. The number of primary amides is 1. The lowest BCUT2D eigenvalue weighted by Crippen LogP contribution is -2.63. The average Bonchev–Trinajstić information content (AvgIpc) is 3.08. The number of hydrogen-bond acceptors (Lipinski definition) is 4. The zero-order valence-electron chi connectivity index (χ0n) is 13.8. The van der Waals surface area contributed by atoms with Crippen molar-refractivity contribution in [1.29, 1.82) is 0 Å². The molecule has 6 nitrogen and oxygen atoms in total. The highest BCUT2D eigenvalue weighted by molar-refractivity contribution is 6.34. The van der Waals surface area contributed by atoms with Gasteiger partial charge in [0.2, 0.25) is 5.91 Å². The van der Waals surface area contributed by atoms with Crippen molar-refractivity contribution in [2.45, 2.75) is 18.9 Å². The predicted octanol–water partition coefficient (Wildman–Crippen LogP) is 1.05. The van der Waals surface area contributed by atoms with Crippen LogP contribution < -0.4 is 5.73 Å². The number of piperazine rings is 1. The van der Waals surface area contributed by atoms with E-state index in [2.05, 4.69) is 4.90 Å². The second-order valence-electron chi connectivity index (χ2n) is 6.41. The molecule has 1 aromatic carbocycles. The summed E-state index contributed by atoms with van der Waals surface area (Å²) in [6.07, 6.45) is 0.611. The molecule has 0 spiro atoms. The Hall–Kier alpha value is -1.63. The van der Waals surface area contributed by atoms with Crippen LogP contribution in [0.3, 0.4) is 0 Å². The van der Waals surface area contributed by atoms with Gasteiger partial charge in [0.15, 0.2) is 0 Å². The first kappa shape index (κ1) is 17.2. The summed E-state index contributed by atoms with van der Waals surface area (Å²) in [5.41, 5.74) is 6.31. The van der Waals surface area contributed by atoms with Crippen molar-refractivity contribution in [3.63, 3.8) is 0 Å². The van der Waals surface area contributed by atoms with Gasteiger partial charge in [0.1, 0.15) is 5.54 Å². The summed E-state index contributed by atoms with van der Waals surface area (Å²) in [5.74, 6) is -0.416. The van der Waals surface area contributed by atoms with Gasteiger partial charge in [0, 0.05) is 39.2 Å². The molecule has 2 heterocycles. The van der Waals surface area contributed by atoms with Crippen LogP contribution in [0.2, 0.25) is 5.02 Å². The molecule has 3 rings (SSSR count). The predicted molar refractivity (Wildman–Crippen MR) is 91.0 cm³/mol. The molecular formula is C17H22ClN3O3.